The van der Waals surface area contributed by atoms with Gasteiger partial charge in [0.25, 0.3) is 0 Å². The number of piperidine rings is 1. The minimum Gasteiger partial charge on any atom is -0.343 e. The third-order valence-electron chi connectivity index (χ3n) is 5.22. The third-order valence-corrected chi connectivity index (χ3v) is 5.22. The van der Waals surface area contributed by atoms with Crippen molar-refractivity contribution in [1.29, 1.82) is 0 Å². The molecule has 2 saturated heterocycles. The number of amides is 2. The number of rotatable bonds is 3. The molecule has 1 aromatic rings. The molecule has 0 bridgehead atoms. The maximum Gasteiger partial charge on any atom is 0.225 e. The van der Waals surface area contributed by atoms with Gasteiger partial charge in [0.15, 0.2) is 0 Å². The lowest BCUT2D eigenvalue weighted by Crippen LogP contribution is -2.51. The second kappa shape index (κ2) is 7.79. The maximum atomic E-state index is 12.7. The summed E-state index contributed by atoms with van der Waals surface area (Å²) in [4.78, 5) is 30.4. The molecule has 0 aromatic heterocycles. The summed E-state index contributed by atoms with van der Waals surface area (Å²) in [5.41, 5.74) is 1.33. The van der Waals surface area contributed by atoms with Crippen LogP contribution >= 0.6 is 0 Å². The minimum absolute atomic E-state index is 0.0984. The first-order chi connectivity index (χ1) is 11.6. The van der Waals surface area contributed by atoms with Crippen LogP contribution in [0.5, 0.6) is 0 Å². The molecule has 2 heterocycles. The predicted molar refractivity (Wildman–Crippen MR) is 93.3 cm³/mol. The maximum absolute atomic E-state index is 12.7. The number of carbonyl (C=O) groups is 2. The molecule has 2 aliphatic heterocycles. The first-order valence-electron chi connectivity index (χ1n) is 8.94. The van der Waals surface area contributed by atoms with Crippen molar-refractivity contribution in [2.24, 2.45) is 5.92 Å². The Morgan fingerprint density at radius 3 is 2.12 bits per heavy atom. The molecule has 0 atom stereocenters. The SMILES string of the molecule is CC(=O)N1CCC(C(=O)N2CCN(Cc3ccccc3)CC2)CC1. The molecule has 0 radical (unpaired) electrons. The fraction of sp³-hybridized carbons (Fsp3) is 0.579. The molecule has 1 aromatic carbocycles. The van der Waals surface area contributed by atoms with E-state index in [0.29, 0.717) is 0 Å². The first-order valence-corrected chi connectivity index (χ1v) is 8.94. The van der Waals surface area contributed by atoms with Gasteiger partial charge < -0.3 is 9.80 Å². The van der Waals surface area contributed by atoms with Gasteiger partial charge in [-0.2, -0.15) is 0 Å². The second-order valence-electron chi connectivity index (χ2n) is 6.87. The van der Waals surface area contributed by atoms with Crippen molar-refractivity contribution in [2.75, 3.05) is 39.3 Å². The quantitative estimate of drug-likeness (QED) is 0.846. The van der Waals surface area contributed by atoms with E-state index in [4.69, 9.17) is 0 Å². The van der Waals surface area contributed by atoms with Crippen LogP contribution in [0.2, 0.25) is 0 Å². The summed E-state index contributed by atoms with van der Waals surface area (Å²) < 4.78 is 0. The summed E-state index contributed by atoms with van der Waals surface area (Å²) in [6.45, 7) is 7.52. The van der Waals surface area contributed by atoms with Crippen molar-refractivity contribution in [3.63, 3.8) is 0 Å². The van der Waals surface area contributed by atoms with Gasteiger partial charge >= 0.3 is 0 Å². The third kappa shape index (κ3) is 4.15. The van der Waals surface area contributed by atoms with E-state index in [-0.39, 0.29) is 17.7 Å². The highest BCUT2D eigenvalue weighted by Crippen LogP contribution is 2.21. The van der Waals surface area contributed by atoms with Crippen LogP contribution in [0.15, 0.2) is 30.3 Å². The van der Waals surface area contributed by atoms with E-state index in [1.807, 2.05) is 15.9 Å². The molecule has 0 spiro atoms. The fourth-order valence-corrected chi connectivity index (χ4v) is 3.67. The van der Waals surface area contributed by atoms with Crippen molar-refractivity contribution in [1.82, 2.24) is 14.7 Å². The standard InChI is InChI=1S/C19H27N3O2/c1-16(23)21-9-7-18(8-10-21)19(24)22-13-11-20(12-14-22)15-17-5-3-2-4-6-17/h2-6,18H,7-15H2,1H3. The van der Waals surface area contributed by atoms with Crippen molar-refractivity contribution in [3.8, 4) is 0 Å². The summed E-state index contributed by atoms with van der Waals surface area (Å²) in [5, 5.41) is 0. The topological polar surface area (TPSA) is 43.9 Å². The molecule has 0 aliphatic carbocycles. The molecule has 0 saturated carbocycles. The molecule has 2 fully saturated rings. The minimum atomic E-state index is 0.0984. The molecule has 0 unspecified atom stereocenters. The Labute approximate surface area is 144 Å². The van der Waals surface area contributed by atoms with Crippen molar-refractivity contribution in [3.05, 3.63) is 35.9 Å². The lowest BCUT2D eigenvalue weighted by molar-refractivity contribution is -0.141. The zero-order chi connectivity index (χ0) is 16.9. The number of likely N-dealkylation sites (tertiary alicyclic amines) is 1. The second-order valence-corrected chi connectivity index (χ2v) is 6.87. The zero-order valence-electron chi connectivity index (χ0n) is 14.5. The molecule has 130 valence electrons. The van der Waals surface area contributed by atoms with Gasteiger partial charge in [-0.3, -0.25) is 14.5 Å². The van der Waals surface area contributed by atoms with E-state index in [1.165, 1.54) is 5.56 Å². The monoisotopic (exact) mass is 329 g/mol. The van der Waals surface area contributed by atoms with Gasteiger partial charge in [0.05, 0.1) is 0 Å². The van der Waals surface area contributed by atoms with Gasteiger partial charge in [0, 0.05) is 58.7 Å². The van der Waals surface area contributed by atoms with Gasteiger partial charge in [-0.05, 0) is 18.4 Å². The number of hydrogen-bond donors (Lipinski definition) is 0. The van der Waals surface area contributed by atoms with Crippen molar-refractivity contribution < 1.29 is 9.59 Å². The Balaban J connectivity index is 1.45. The Morgan fingerprint density at radius 2 is 1.54 bits per heavy atom. The van der Waals surface area contributed by atoms with Gasteiger partial charge in [-0.25, -0.2) is 0 Å². The van der Waals surface area contributed by atoms with Crippen LogP contribution in [0.3, 0.4) is 0 Å². The van der Waals surface area contributed by atoms with Crippen LogP contribution in [0.4, 0.5) is 0 Å². The van der Waals surface area contributed by atoms with E-state index >= 15 is 0 Å². The van der Waals surface area contributed by atoms with Gasteiger partial charge in [-0.1, -0.05) is 30.3 Å². The molecule has 2 amide bonds. The van der Waals surface area contributed by atoms with Crippen LogP contribution in [0, 0.1) is 5.92 Å². The molecular weight excluding hydrogens is 302 g/mol. The highest BCUT2D eigenvalue weighted by atomic mass is 16.2. The van der Waals surface area contributed by atoms with Gasteiger partial charge in [0.1, 0.15) is 0 Å². The Hall–Kier alpha value is -1.88. The van der Waals surface area contributed by atoms with Crippen LogP contribution < -0.4 is 0 Å². The predicted octanol–water partition coefficient (Wildman–Crippen LogP) is 1.59. The molecule has 3 rings (SSSR count). The Bertz CT molecular complexity index is 559. The van der Waals surface area contributed by atoms with Crippen LogP contribution in [-0.2, 0) is 16.1 Å². The van der Waals surface area contributed by atoms with Crippen molar-refractivity contribution in [2.45, 2.75) is 26.3 Å². The number of benzene rings is 1. The van der Waals surface area contributed by atoms with E-state index < -0.39 is 0 Å². The van der Waals surface area contributed by atoms with Gasteiger partial charge in [0.2, 0.25) is 11.8 Å². The van der Waals surface area contributed by atoms with Crippen LogP contribution in [0.25, 0.3) is 0 Å². The zero-order valence-corrected chi connectivity index (χ0v) is 14.5. The number of hydrogen-bond acceptors (Lipinski definition) is 3. The van der Waals surface area contributed by atoms with Crippen LogP contribution in [0.1, 0.15) is 25.3 Å². The molecule has 5 nitrogen and oxygen atoms in total. The van der Waals surface area contributed by atoms with Crippen LogP contribution in [-0.4, -0.2) is 65.8 Å². The van der Waals surface area contributed by atoms with Crippen molar-refractivity contribution >= 4 is 11.8 Å². The number of piperazine rings is 1. The number of carbonyl (C=O) groups excluding carboxylic acids is 2. The molecule has 5 heteroatoms. The van der Waals surface area contributed by atoms with E-state index in [2.05, 4.69) is 29.2 Å². The summed E-state index contributed by atoms with van der Waals surface area (Å²) in [7, 11) is 0. The highest BCUT2D eigenvalue weighted by molar-refractivity contribution is 5.80. The summed E-state index contributed by atoms with van der Waals surface area (Å²) >= 11 is 0. The molecule has 2 aliphatic rings. The molecule has 24 heavy (non-hydrogen) atoms. The Morgan fingerprint density at radius 1 is 0.917 bits per heavy atom. The average Bonchev–Trinajstić information content (AvgIpc) is 2.63. The van der Waals surface area contributed by atoms with E-state index in [1.54, 1.807) is 6.92 Å². The van der Waals surface area contributed by atoms with E-state index in [9.17, 15) is 9.59 Å². The first kappa shape index (κ1) is 17.0. The fourth-order valence-electron chi connectivity index (χ4n) is 3.67. The highest BCUT2D eigenvalue weighted by Gasteiger charge is 2.30. The normalized spacial score (nSPS) is 20.2. The van der Waals surface area contributed by atoms with E-state index in [0.717, 1.165) is 58.7 Å². The summed E-state index contributed by atoms with van der Waals surface area (Å²) in [6, 6.07) is 10.5. The lowest BCUT2D eigenvalue weighted by Gasteiger charge is -2.38. The summed E-state index contributed by atoms with van der Waals surface area (Å²) in [6.07, 6.45) is 1.62. The lowest BCUT2D eigenvalue weighted by atomic mass is 9.95. The van der Waals surface area contributed by atoms with Gasteiger partial charge in [-0.15, -0.1) is 0 Å². The summed E-state index contributed by atoms with van der Waals surface area (Å²) in [5.74, 6) is 0.509. The number of nitrogens with zero attached hydrogens (tertiary/aromatic N) is 3. The molecular formula is C19H27N3O2. The average molecular weight is 329 g/mol. The smallest absolute Gasteiger partial charge is 0.225 e. The Kier molecular flexibility index (Phi) is 5.51. The molecule has 0 N–H and O–H groups in total. The largest absolute Gasteiger partial charge is 0.343 e.